The predicted octanol–water partition coefficient (Wildman–Crippen LogP) is 3.87. The molecule has 1 aromatic heterocycles. The van der Waals surface area contributed by atoms with Crippen LogP contribution in [0.1, 0.15) is 24.5 Å². The summed E-state index contributed by atoms with van der Waals surface area (Å²) in [7, 11) is 0. The Hall–Kier alpha value is -2.51. The number of anilines is 1. The highest BCUT2D eigenvalue weighted by atomic mass is 32.2. The monoisotopic (exact) mass is 397 g/mol. The van der Waals surface area contributed by atoms with Crippen LogP contribution in [0.2, 0.25) is 0 Å². The number of amides is 2. The van der Waals surface area contributed by atoms with Gasteiger partial charge in [-0.15, -0.1) is 0 Å². The molecule has 0 unspecified atom stereocenters. The topological polar surface area (TPSA) is 62.3 Å². The number of benzene rings is 1. The lowest BCUT2D eigenvalue weighted by atomic mass is 10.1. The largest absolute Gasteiger partial charge is 0.311 e. The second kappa shape index (κ2) is 8.92. The number of carbonyl (C=O) groups excluding carboxylic acids is 2. The van der Waals surface area contributed by atoms with Gasteiger partial charge in [-0.05, 0) is 35.8 Å². The number of pyridine rings is 1. The zero-order chi connectivity index (χ0) is 19.2. The van der Waals surface area contributed by atoms with E-state index in [4.69, 9.17) is 12.2 Å². The molecule has 2 amide bonds. The minimum Gasteiger partial charge on any atom is -0.311 e. The van der Waals surface area contributed by atoms with Crippen LogP contribution in [-0.4, -0.2) is 32.6 Å². The summed E-state index contributed by atoms with van der Waals surface area (Å²) >= 11 is 6.58. The summed E-state index contributed by atoms with van der Waals surface area (Å²) in [5.74, 6) is 0.125. The van der Waals surface area contributed by atoms with Gasteiger partial charge < -0.3 is 5.32 Å². The summed E-state index contributed by atoms with van der Waals surface area (Å²) in [5.41, 5.74) is 2.21. The number of thioether (sulfide) groups is 1. The smallest absolute Gasteiger partial charge is 0.266 e. The number of aryl methyl sites for hydroxylation is 1. The van der Waals surface area contributed by atoms with Gasteiger partial charge in [0.2, 0.25) is 5.91 Å². The van der Waals surface area contributed by atoms with Crippen molar-refractivity contribution in [3.8, 4) is 0 Å². The number of aromatic nitrogens is 1. The highest BCUT2D eigenvalue weighted by Gasteiger charge is 2.32. The third kappa shape index (κ3) is 5.02. The SMILES string of the molecule is CCc1ccc(C=C2SC(=S)N(CCC(=O)Nc3ccccn3)C2=O)cc1. The van der Waals surface area contributed by atoms with Crippen LogP contribution in [0.4, 0.5) is 5.82 Å². The quantitative estimate of drug-likeness (QED) is 0.592. The van der Waals surface area contributed by atoms with Crippen LogP contribution in [0.3, 0.4) is 0 Å². The summed E-state index contributed by atoms with van der Waals surface area (Å²) in [5, 5.41) is 2.70. The molecule has 1 fully saturated rings. The van der Waals surface area contributed by atoms with E-state index in [1.807, 2.05) is 18.2 Å². The molecule has 2 aromatic rings. The Kier molecular flexibility index (Phi) is 6.36. The van der Waals surface area contributed by atoms with Gasteiger partial charge in [0.15, 0.2) is 0 Å². The van der Waals surface area contributed by atoms with E-state index in [1.54, 1.807) is 24.4 Å². The molecule has 1 aliphatic heterocycles. The number of nitrogens with one attached hydrogen (secondary N) is 1. The Morgan fingerprint density at radius 3 is 2.70 bits per heavy atom. The van der Waals surface area contributed by atoms with Crippen molar-refractivity contribution >= 4 is 52.0 Å². The fraction of sp³-hybridized carbons (Fsp3) is 0.200. The van der Waals surface area contributed by atoms with Crippen molar-refractivity contribution in [2.75, 3.05) is 11.9 Å². The molecule has 1 N–H and O–H groups in total. The van der Waals surface area contributed by atoms with Gasteiger partial charge in [0.25, 0.3) is 5.91 Å². The van der Waals surface area contributed by atoms with Crippen molar-refractivity contribution in [2.24, 2.45) is 0 Å². The maximum Gasteiger partial charge on any atom is 0.266 e. The molecule has 138 valence electrons. The molecule has 2 heterocycles. The molecule has 0 bridgehead atoms. The first-order chi connectivity index (χ1) is 13.1. The zero-order valence-electron chi connectivity index (χ0n) is 14.8. The molecule has 5 nitrogen and oxygen atoms in total. The standard InChI is InChI=1S/C20H19N3O2S2/c1-2-14-6-8-15(9-7-14)13-16-19(25)23(20(26)27-16)12-10-18(24)22-17-5-3-4-11-21-17/h3-9,11,13H,2,10,12H2,1H3,(H,21,22,24). The number of nitrogens with zero attached hydrogens (tertiary/aromatic N) is 2. The van der Waals surface area contributed by atoms with Crippen molar-refractivity contribution in [1.82, 2.24) is 9.88 Å². The van der Waals surface area contributed by atoms with E-state index in [1.165, 1.54) is 22.2 Å². The molecular weight excluding hydrogens is 378 g/mol. The second-order valence-electron chi connectivity index (χ2n) is 5.94. The molecule has 0 saturated carbocycles. The molecule has 3 rings (SSSR count). The molecular formula is C20H19N3O2S2. The van der Waals surface area contributed by atoms with E-state index < -0.39 is 0 Å². The molecule has 0 radical (unpaired) electrons. The van der Waals surface area contributed by atoms with Gasteiger partial charge >= 0.3 is 0 Å². The Morgan fingerprint density at radius 1 is 1.26 bits per heavy atom. The lowest BCUT2D eigenvalue weighted by molar-refractivity contribution is -0.122. The molecule has 1 saturated heterocycles. The first-order valence-corrected chi connectivity index (χ1v) is 9.84. The van der Waals surface area contributed by atoms with Crippen molar-refractivity contribution in [3.63, 3.8) is 0 Å². The molecule has 1 aliphatic rings. The number of thiocarbonyl (C=S) groups is 1. The molecule has 0 spiro atoms. The lowest BCUT2D eigenvalue weighted by Gasteiger charge is -2.13. The Bertz CT molecular complexity index is 880. The Balaban J connectivity index is 1.60. The predicted molar refractivity (Wildman–Crippen MR) is 113 cm³/mol. The molecule has 1 aromatic carbocycles. The van der Waals surface area contributed by atoms with E-state index in [0.717, 1.165) is 12.0 Å². The second-order valence-corrected chi connectivity index (χ2v) is 7.62. The van der Waals surface area contributed by atoms with Crippen LogP contribution in [0.25, 0.3) is 6.08 Å². The van der Waals surface area contributed by atoms with E-state index in [2.05, 4.69) is 29.4 Å². The van der Waals surface area contributed by atoms with Gasteiger partial charge in [0.1, 0.15) is 10.1 Å². The van der Waals surface area contributed by atoms with Crippen molar-refractivity contribution in [2.45, 2.75) is 19.8 Å². The summed E-state index contributed by atoms with van der Waals surface area (Å²) < 4.78 is 0.474. The van der Waals surface area contributed by atoms with Crippen LogP contribution >= 0.6 is 24.0 Å². The van der Waals surface area contributed by atoms with Crippen LogP contribution in [-0.2, 0) is 16.0 Å². The minimum atomic E-state index is -0.207. The molecule has 7 heteroatoms. The number of hydrogen-bond acceptors (Lipinski definition) is 5. The van der Waals surface area contributed by atoms with Crippen molar-refractivity contribution in [1.29, 1.82) is 0 Å². The molecule has 27 heavy (non-hydrogen) atoms. The third-order valence-corrected chi connectivity index (χ3v) is 5.43. The average Bonchev–Trinajstić information content (AvgIpc) is 2.94. The van der Waals surface area contributed by atoms with Gasteiger partial charge in [-0.1, -0.05) is 61.2 Å². The van der Waals surface area contributed by atoms with Gasteiger partial charge in [-0.2, -0.15) is 0 Å². The third-order valence-electron chi connectivity index (χ3n) is 4.05. The Labute approximate surface area is 167 Å². The fourth-order valence-electron chi connectivity index (χ4n) is 2.55. The average molecular weight is 398 g/mol. The molecule has 0 atom stereocenters. The minimum absolute atomic E-state index is 0.154. The van der Waals surface area contributed by atoms with E-state index >= 15 is 0 Å². The first kappa shape index (κ1) is 19.3. The van der Waals surface area contributed by atoms with Crippen LogP contribution in [0.15, 0.2) is 53.6 Å². The lowest BCUT2D eigenvalue weighted by Crippen LogP contribution is -2.31. The van der Waals surface area contributed by atoms with Crippen LogP contribution < -0.4 is 5.32 Å². The summed E-state index contributed by atoms with van der Waals surface area (Å²) in [4.78, 5) is 30.8. The number of hydrogen-bond donors (Lipinski definition) is 1. The maximum atomic E-state index is 12.6. The summed E-state index contributed by atoms with van der Waals surface area (Å²) in [6.07, 6.45) is 4.58. The highest BCUT2D eigenvalue weighted by Crippen LogP contribution is 2.32. The first-order valence-electron chi connectivity index (χ1n) is 8.62. The van der Waals surface area contributed by atoms with Gasteiger partial charge in [-0.3, -0.25) is 14.5 Å². The van der Waals surface area contributed by atoms with E-state index in [-0.39, 0.29) is 24.8 Å². The normalized spacial score (nSPS) is 15.4. The highest BCUT2D eigenvalue weighted by molar-refractivity contribution is 8.26. The van der Waals surface area contributed by atoms with Crippen LogP contribution in [0, 0.1) is 0 Å². The number of rotatable bonds is 6. The fourth-order valence-corrected chi connectivity index (χ4v) is 3.86. The van der Waals surface area contributed by atoms with Crippen molar-refractivity contribution in [3.05, 3.63) is 64.7 Å². The maximum absolute atomic E-state index is 12.6. The van der Waals surface area contributed by atoms with Gasteiger partial charge in [-0.25, -0.2) is 4.98 Å². The van der Waals surface area contributed by atoms with Gasteiger partial charge in [0.05, 0.1) is 4.91 Å². The van der Waals surface area contributed by atoms with Gasteiger partial charge in [0, 0.05) is 19.2 Å². The van der Waals surface area contributed by atoms with Crippen molar-refractivity contribution < 1.29 is 9.59 Å². The number of carbonyl (C=O) groups is 2. The Morgan fingerprint density at radius 2 is 2.04 bits per heavy atom. The zero-order valence-corrected chi connectivity index (χ0v) is 16.5. The molecule has 0 aliphatic carbocycles. The van der Waals surface area contributed by atoms with E-state index in [9.17, 15) is 9.59 Å². The summed E-state index contributed by atoms with van der Waals surface area (Å²) in [6, 6.07) is 13.4. The van der Waals surface area contributed by atoms with Crippen LogP contribution in [0.5, 0.6) is 0 Å². The van der Waals surface area contributed by atoms with E-state index in [0.29, 0.717) is 15.0 Å². The summed E-state index contributed by atoms with van der Waals surface area (Å²) in [6.45, 7) is 2.35.